The van der Waals surface area contributed by atoms with Crippen LogP contribution in [0.1, 0.15) is 42.9 Å². The van der Waals surface area contributed by atoms with Crippen LogP contribution < -0.4 is 9.47 Å². The summed E-state index contributed by atoms with van der Waals surface area (Å²) in [5, 5.41) is 0. The van der Waals surface area contributed by atoms with Crippen LogP contribution in [0.3, 0.4) is 0 Å². The van der Waals surface area contributed by atoms with Crippen molar-refractivity contribution in [2.75, 3.05) is 7.11 Å². The van der Waals surface area contributed by atoms with Gasteiger partial charge in [-0.25, -0.2) is 0 Å². The maximum atomic E-state index is 13.0. The molecule has 3 rings (SSSR count). The summed E-state index contributed by atoms with van der Waals surface area (Å²) in [6.07, 6.45) is -3.77. The summed E-state index contributed by atoms with van der Waals surface area (Å²) in [5.41, 5.74) is 0.480. The topological polar surface area (TPSA) is 18.5 Å². The van der Waals surface area contributed by atoms with Gasteiger partial charge in [0, 0.05) is 21.9 Å². The Labute approximate surface area is 150 Å². The highest BCUT2D eigenvalue weighted by atomic mass is 32.1. The van der Waals surface area contributed by atoms with E-state index in [-0.39, 0.29) is 11.7 Å². The van der Waals surface area contributed by atoms with E-state index in [1.807, 2.05) is 32.0 Å². The van der Waals surface area contributed by atoms with Gasteiger partial charge in [0.05, 0.1) is 12.7 Å². The number of methoxy groups -OCH3 is 1. The number of hydrogen-bond acceptors (Lipinski definition) is 3. The molecule has 1 atom stereocenters. The van der Waals surface area contributed by atoms with Crippen molar-refractivity contribution in [1.82, 2.24) is 0 Å². The Hall–Kier alpha value is -1.82. The van der Waals surface area contributed by atoms with E-state index in [9.17, 15) is 13.2 Å². The SMILES string of the molecule is COc1cc(C(F)(F)F)ccc1C1CC(C)(C)Oc2cc(S)ccc21. The molecule has 1 aliphatic heterocycles. The summed E-state index contributed by atoms with van der Waals surface area (Å²) < 4.78 is 50.3. The van der Waals surface area contributed by atoms with Gasteiger partial charge in [-0.2, -0.15) is 13.2 Å². The maximum absolute atomic E-state index is 13.0. The Kier molecular flexibility index (Phi) is 4.43. The molecule has 0 fully saturated rings. The molecule has 0 spiro atoms. The van der Waals surface area contributed by atoms with E-state index in [4.69, 9.17) is 9.47 Å². The molecule has 2 aromatic rings. The standard InChI is InChI=1S/C19H19F3O2S/c1-18(2)10-15(14-7-5-12(25)9-17(14)24-18)13-6-4-11(19(20,21)22)8-16(13)23-3/h4-9,15,25H,10H2,1-3H3. The van der Waals surface area contributed by atoms with Crippen molar-refractivity contribution in [2.45, 2.75) is 42.9 Å². The van der Waals surface area contributed by atoms with Crippen molar-refractivity contribution < 1.29 is 22.6 Å². The van der Waals surface area contributed by atoms with Crippen molar-refractivity contribution in [1.29, 1.82) is 0 Å². The van der Waals surface area contributed by atoms with Crippen molar-refractivity contribution >= 4 is 12.6 Å². The molecule has 2 nitrogen and oxygen atoms in total. The molecule has 0 amide bonds. The van der Waals surface area contributed by atoms with Crippen LogP contribution >= 0.6 is 12.6 Å². The predicted octanol–water partition coefficient (Wildman–Crippen LogP) is 5.70. The lowest BCUT2D eigenvalue weighted by molar-refractivity contribution is -0.137. The van der Waals surface area contributed by atoms with Crippen molar-refractivity contribution in [3.63, 3.8) is 0 Å². The molecule has 0 radical (unpaired) electrons. The molecule has 1 aliphatic rings. The van der Waals surface area contributed by atoms with E-state index in [0.717, 1.165) is 28.2 Å². The molecule has 0 saturated carbocycles. The van der Waals surface area contributed by atoms with E-state index in [1.54, 1.807) is 0 Å². The van der Waals surface area contributed by atoms with Crippen molar-refractivity contribution in [2.24, 2.45) is 0 Å². The number of halogens is 3. The quantitative estimate of drug-likeness (QED) is 0.686. The van der Waals surface area contributed by atoms with Crippen LogP contribution in [-0.2, 0) is 6.18 Å². The number of hydrogen-bond donors (Lipinski definition) is 1. The lowest BCUT2D eigenvalue weighted by Gasteiger charge is -2.38. The van der Waals surface area contributed by atoms with E-state index in [0.29, 0.717) is 12.2 Å². The van der Waals surface area contributed by atoms with Gasteiger partial charge in [0.15, 0.2) is 0 Å². The summed E-state index contributed by atoms with van der Waals surface area (Å²) in [6.45, 7) is 3.93. The Morgan fingerprint density at radius 3 is 2.44 bits per heavy atom. The summed E-state index contributed by atoms with van der Waals surface area (Å²) in [4.78, 5) is 0.773. The van der Waals surface area contributed by atoms with E-state index in [2.05, 4.69) is 12.6 Å². The van der Waals surface area contributed by atoms with E-state index in [1.165, 1.54) is 13.2 Å². The fraction of sp³-hybridized carbons (Fsp3) is 0.368. The summed E-state index contributed by atoms with van der Waals surface area (Å²) in [5.74, 6) is 0.819. The zero-order valence-corrected chi connectivity index (χ0v) is 15.0. The largest absolute Gasteiger partial charge is 0.496 e. The van der Waals surface area contributed by atoms with Gasteiger partial charge >= 0.3 is 6.18 Å². The molecule has 134 valence electrons. The minimum Gasteiger partial charge on any atom is -0.496 e. The zero-order valence-electron chi connectivity index (χ0n) is 14.1. The number of rotatable bonds is 2. The van der Waals surface area contributed by atoms with Crippen LogP contribution in [0.15, 0.2) is 41.3 Å². The first-order valence-corrected chi connectivity index (χ1v) is 8.32. The average molecular weight is 368 g/mol. The van der Waals surface area contributed by atoms with Gasteiger partial charge in [0.1, 0.15) is 17.1 Å². The number of thiol groups is 1. The van der Waals surface area contributed by atoms with Crippen LogP contribution in [0.2, 0.25) is 0 Å². The second kappa shape index (κ2) is 6.16. The lowest BCUT2D eigenvalue weighted by Crippen LogP contribution is -2.35. The molecule has 0 aromatic heterocycles. The van der Waals surface area contributed by atoms with Crippen LogP contribution in [0.5, 0.6) is 11.5 Å². The minimum atomic E-state index is -4.40. The summed E-state index contributed by atoms with van der Waals surface area (Å²) in [6, 6.07) is 9.27. The fourth-order valence-corrected chi connectivity index (χ4v) is 3.48. The molecule has 1 heterocycles. The molecule has 0 N–H and O–H groups in total. The third kappa shape index (κ3) is 3.59. The van der Waals surface area contributed by atoms with Gasteiger partial charge in [-0.1, -0.05) is 12.1 Å². The first kappa shape index (κ1) is 18.0. The molecule has 6 heteroatoms. The number of ether oxygens (including phenoxy) is 2. The molecule has 0 aliphatic carbocycles. The fourth-order valence-electron chi connectivity index (χ4n) is 3.29. The highest BCUT2D eigenvalue weighted by molar-refractivity contribution is 7.80. The van der Waals surface area contributed by atoms with E-state index < -0.39 is 17.3 Å². The first-order chi connectivity index (χ1) is 11.6. The smallest absolute Gasteiger partial charge is 0.416 e. The van der Waals surface area contributed by atoms with Gasteiger partial charge in [-0.05, 0) is 44.5 Å². The Morgan fingerprint density at radius 1 is 1.12 bits per heavy atom. The third-order valence-corrected chi connectivity index (χ3v) is 4.67. The monoisotopic (exact) mass is 368 g/mol. The first-order valence-electron chi connectivity index (χ1n) is 7.88. The number of fused-ring (bicyclic) bond motifs is 1. The molecule has 2 aromatic carbocycles. The molecule has 0 bridgehead atoms. The lowest BCUT2D eigenvalue weighted by atomic mass is 9.79. The van der Waals surface area contributed by atoms with E-state index >= 15 is 0 Å². The maximum Gasteiger partial charge on any atom is 0.416 e. The Balaban J connectivity index is 2.13. The second-order valence-electron chi connectivity index (χ2n) is 6.80. The number of alkyl halides is 3. The molecular formula is C19H19F3O2S. The highest BCUT2D eigenvalue weighted by Crippen LogP contribution is 2.47. The average Bonchev–Trinajstić information content (AvgIpc) is 2.51. The third-order valence-electron chi connectivity index (χ3n) is 4.39. The molecule has 0 saturated heterocycles. The number of benzene rings is 2. The minimum absolute atomic E-state index is 0.120. The second-order valence-corrected chi connectivity index (χ2v) is 7.31. The summed E-state index contributed by atoms with van der Waals surface area (Å²) >= 11 is 4.35. The Morgan fingerprint density at radius 2 is 1.80 bits per heavy atom. The highest BCUT2D eigenvalue weighted by Gasteiger charge is 2.37. The molecule has 25 heavy (non-hydrogen) atoms. The van der Waals surface area contributed by atoms with Crippen LogP contribution in [0, 0.1) is 0 Å². The normalized spacial score (nSPS) is 19.1. The van der Waals surface area contributed by atoms with Gasteiger partial charge in [-0.15, -0.1) is 12.6 Å². The van der Waals surface area contributed by atoms with Crippen LogP contribution in [-0.4, -0.2) is 12.7 Å². The summed E-state index contributed by atoms with van der Waals surface area (Å²) in [7, 11) is 1.39. The van der Waals surface area contributed by atoms with Gasteiger partial charge < -0.3 is 9.47 Å². The van der Waals surface area contributed by atoms with Gasteiger partial charge in [0.25, 0.3) is 0 Å². The van der Waals surface area contributed by atoms with Gasteiger partial charge in [0.2, 0.25) is 0 Å². The molecule has 1 unspecified atom stereocenters. The zero-order chi connectivity index (χ0) is 18.4. The van der Waals surface area contributed by atoms with Crippen LogP contribution in [0.25, 0.3) is 0 Å². The Bertz CT molecular complexity index is 800. The molecular weight excluding hydrogens is 349 g/mol. The van der Waals surface area contributed by atoms with Gasteiger partial charge in [-0.3, -0.25) is 0 Å². The predicted molar refractivity (Wildman–Crippen MR) is 92.9 cm³/mol. The van der Waals surface area contributed by atoms with Crippen LogP contribution in [0.4, 0.5) is 13.2 Å². The van der Waals surface area contributed by atoms with Crippen molar-refractivity contribution in [3.05, 3.63) is 53.1 Å². The van der Waals surface area contributed by atoms with Crippen molar-refractivity contribution in [3.8, 4) is 11.5 Å².